The molecule has 1 unspecified atom stereocenters. The fourth-order valence-electron chi connectivity index (χ4n) is 4.10. The fraction of sp³-hybridized carbons (Fsp3) is 0.259. The number of aliphatic carboxylic acids is 1. The first-order valence-electron chi connectivity index (χ1n) is 11.8. The molecule has 0 aliphatic carbocycles. The molecule has 0 saturated carbocycles. The van der Waals surface area contributed by atoms with Crippen LogP contribution in [-0.2, 0) is 9.53 Å². The topological polar surface area (TPSA) is 105 Å². The third-order valence-electron chi connectivity index (χ3n) is 5.97. The molecular weight excluding hydrogens is 515 g/mol. The van der Waals surface area contributed by atoms with Crippen LogP contribution in [0, 0.1) is 0 Å². The maximum absolute atomic E-state index is 12.6. The maximum atomic E-state index is 12.6. The molecule has 0 radical (unpaired) electrons. The number of hydrogen-bond acceptors (Lipinski definition) is 6. The number of carbonyl (C=O) groups excluding carboxylic acids is 1. The van der Waals surface area contributed by atoms with E-state index >= 15 is 0 Å². The fourth-order valence-corrected chi connectivity index (χ4v) is 4.67. The summed E-state index contributed by atoms with van der Waals surface area (Å²) in [7, 11) is 0. The highest BCUT2D eigenvalue weighted by Crippen LogP contribution is 2.29. The Morgan fingerprint density at radius 1 is 1.05 bits per heavy atom. The zero-order chi connectivity index (χ0) is 26.2. The Morgan fingerprint density at radius 3 is 2.32 bits per heavy atom. The van der Waals surface area contributed by atoms with E-state index in [0.717, 1.165) is 24.1 Å². The second kappa shape index (κ2) is 12.7. The summed E-state index contributed by atoms with van der Waals surface area (Å²) in [6, 6.07) is 13.4. The highest BCUT2D eigenvalue weighted by Gasteiger charge is 2.25. The van der Waals surface area contributed by atoms with E-state index in [1.54, 1.807) is 30.6 Å². The van der Waals surface area contributed by atoms with Crippen LogP contribution in [0.5, 0.6) is 0 Å². The summed E-state index contributed by atoms with van der Waals surface area (Å²) in [5.74, 6) is -1.17. The van der Waals surface area contributed by atoms with Crippen molar-refractivity contribution in [3.63, 3.8) is 0 Å². The minimum absolute atomic E-state index is 0.0492. The minimum Gasteiger partial charge on any atom is -0.480 e. The van der Waals surface area contributed by atoms with Crippen molar-refractivity contribution in [2.24, 2.45) is 0 Å². The standard InChI is InChI=1S/C27H26Cl2N4O4/c28-21-5-2-6-22(29)24(21)25(34)32-23(26(35)36)7-1-4-18-8-10-19(11-9-18)33(20-12-16-37-17-13-20)27-30-14-3-15-31-27/h1-6,8-11,14-15,20,23H,7,12-13,16-17H2,(H,32,34)(H,35,36)/b4-1+. The second-order valence-electron chi connectivity index (χ2n) is 8.45. The first-order chi connectivity index (χ1) is 17.9. The van der Waals surface area contributed by atoms with Crippen molar-refractivity contribution in [3.8, 4) is 0 Å². The second-order valence-corrected chi connectivity index (χ2v) is 9.27. The molecule has 1 atom stereocenters. The number of nitrogens with one attached hydrogen (secondary N) is 1. The van der Waals surface area contributed by atoms with Crippen LogP contribution < -0.4 is 10.2 Å². The third kappa shape index (κ3) is 6.85. The van der Waals surface area contributed by atoms with Gasteiger partial charge < -0.3 is 20.1 Å². The van der Waals surface area contributed by atoms with Gasteiger partial charge in [-0.15, -0.1) is 0 Å². The lowest BCUT2D eigenvalue weighted by Gasteiger charge is -2.34. The summed E-state index contributed by atoms with van der Waals surface area (Å²) < 4.78 is 5.52. The highest BCUT2D eigenvalue weighted by molar-refractivity contribution is 6.39. The average molecular weight is 541 g/mol. The number of nitrogens with zero attached hydrogens (tertiary/aromatic N) is 3. The van der Waals surface area contributed by atoms with Gasteiger partial charge in [-0.05, 0) is 55.2 Å². The molecule has 1 aliphatic rings. The molecule has 1 fully saturated rings. The van der Waals surface area contributed by atoms with Crippen molar-refractivity contribution < 1.29 is 19.4 Å². The summed E-state index contributed by atoms with van der Waals surface area (Å²) in [4.78, 5) is 35.4. The Labute approximate surface area is 224 Å². The maximum Gasteiger partial charge on any atom is 0.326 e. The summed E-state index contributed by atoms with van der Waals surface area (Å²) in [5.41, 5.74) is 1.89. The van der Waals surface area contributed by atoms with E-state index in [4.69, 9.17) is 27.9 Å². The van der Waals surface area contributed by atoms with Crippen LogP contribution in [0.15, 0.2) is 67.0 Å². The Hall–Kier alpha value is -3.46. The van der Waals surface area contributed by atoms with Crippen LogP contribution in [0.4, 0.5) is 11.6 Å². The van der Waals surface area contributed by atoms with Crippen molar-refractivity contribution in [1.29, 1.82) is 0 Å². The molecule has 0 spiro atoms. The number of carboxylic acid groups (broad SMARTS) is 1. The smallest absolute Gasteiger partial charge is 0.326 e. The van der Waals surface area contributed by atoms with Gasteiger partial charge in [0.1, 0.15) is 6.04 Å². The summed E-state index contributed by atoms with van der Waals surface area (Å²) in [5, 5.41) is 12.4. The number of aromatic nitrogens is 2. The largest absolute Gasteiger partial charge is 0.480 e. The summed E-state index contributed by atoms with van der Waals surface area (Å²) in [6.45, 7) is 1.39. The van der Waals surface area contributed by atoms with E-state index in [2.05, 4.69) is 20.2 Å². The van der Waals surface area contributed by atoms with Gasteiger partial charge in [-0.3, -0.25) is 4.79 Å². The number of rotatable bonds is 9. The van der Waals surface area contributed by atoms with Crippen LogP contribution >= 0.6 is 23.2 Å². The molecular formula is C27H26Cl2N4O4. The van der Waals surface area contributed by atoms with Crippen LogP contribution in [-0.4, -0.2) is 52.2 Å². The van der Waals surface area contributed by atoms with Crippen LogP contribution in [0.3, 0.4) is 0 Å². The normalized spacial score (nSPS) is 14.9. The minimum atomic E-state index is -1.16. The SMILES string of the molecule is O=C(NC(C/C=C/c1ccc(N(c2ncccn2)C2CCOCC2)cc1)C(=O)O)c1c(Cl)cccc1Cl. The number of anilines is 2. The van der Waals surface area contributed by atoms with Crippen LogP contribution in [0.1, 0.15) is 35.2 Å². The quantitative estimate of drug-likeness (QED) is 0.375. The lowest BCUT2D eigenvalue weighted by atomic mass is 10.1. The molecule has 2 N–H and O–H groups in total. The molecule has 1 aliphatic heterocycles. The van der Waals surface area contributed by atoms with Gasteiger partial charge in [-0.1, -0.05) is 53.6 Å². The van der Waals surface area contributed by atoms with Gasteiger partial charge >= 0.3 is 5.97 Å². The monoisotopic (exact) mass is 540 g/mol. The average Bonchev–Trinajstić information content (AvgIpc) is 2.90. The Morgan fingerprint density at radius 2 is 1.70 bits per heavy atom. The summed E-state index contributed by atoms with van der Waals surface area (Å²) in [6.07, 6.45) is 8.80. The molecule has 2 heterocycles. The molecule has 8 nitrogen and oxygen atoms in total. The van der Waals surface area contributed by atoms with Crippen molar-refractivity contribution in [2.75, 3.05) is 18.1 Å². The van der Waals surface area contributed by atoms with E-state index in [0.29, 0.717) is 19.2 Å². The van der Waals surface area contributed by atoms with E-state index in [-0.39, 0.29) is 28.1 Å². The number of carbonyl (C=O) groups is 2. The molecule has 1 aromatic heterocycles. The molecule has 4 rings (SSSR count). The van der Waals surface area contributed by atoms with E-state index < -0.39 is 17.9 Å². The van der Waals surface area contributed by atoms with Crippen molar-refractivity contribution in [1.82, 2.24) is 15.3 Å². The number of hydrogen-bond donors (Lipinski definition) is 2. The van der Waals surface area contributed by atoms with Gasteiger partial charge in [0.15, 0.2) is 0 Å². The zero-order valence-corrected chi connectivity index (χ0v) is 21.4. The number of halogens is 2. The zero-order valence-electron chi connectivity index (χ0n) is 19.9. The predicted molar refractivity (Wildman–Crippen MR) is 143 cm³/mol. The van der Waals surface area contributed by atoms with Crippen molar-refractivity contribution >= 4 is 52.8 Å². The Balaban J connectivity index is 1.44. The molecule has 0 bridgehead atoms. The predicted octanol–water partition coefficient (Wildman–Crippen LogP) is 5.39. The van der Waals surface area contributed by atoms with Gasteiger partial charge in [-0.2, -0.15) is 0 Å². The van der Waals surface area contributed by atoms with Gasteiger partial charge in [0.05, 0.1) is 15.6 Å². The molecule has 10 heteroatoms. The van der Waals surface area contributed by atoms with E-state index in [1.165, 1.54) is 12.1 Å². The molecule has 37 heavy (non-hydrogen) atoms. The number of carboxylic acids is 1. The van der Waals surface area contributed by atoms with Gasteiger partial charge in [-0.25, -0.2) is 14.8 Å². The Kier molecular flexibility index (Phi) is 9.11. The Bertz CT molecular complexity index is 1230. The lowest BCUT2D eigenvalue weighted by molar-refractivity contribution is -0.139. The van der Waals surface area contributed by atoms with Gasteiger partial charge in [0, 0.05) is 37.3 Å². The van der Waals surface area contributed by atoms with Crippen molar-refractivity contribution in [3.05, 3.63) is 88.2 Å². The number of benzene rings is 2. The van der Waals surface area contributed by atoms with Gasteiger partial charge in [0.25, 0.3) is 5.91 Å². The molecule has 3 aromatic rings. The van der Waals surface area contributed by atoms with Gasteiger partial charge in [0.2, 0.25) is 5.95 Å². The molecule has 192 valence electrons. The number of amides is 1. The number of ether oxygens (including phenoxy) is 1. The lowest BCUT2D eigenvalue weighted by Crippen LogP contribution is -2.40. The third-order valence-corrected chi connectivity index (χ3v) is 6.60. The van der Waals surface area contributed by atoms with E-state index in [9.17, 15) is 14.7 Å². The molecule has 1 saturated heterocycles. The van der Waals surface area contributed by atoms with Crippen LogP contribution in [0.2, 0.25) is 10.0 Å². The molecule has 2 aromatic carbocycles. The highest BCUT2D eigenvalue weighted by atomic mass is 35.5. The first kappa shape index (κ1) is 26.6. The van der Waals surface area contributed by atoms with Crippen molar-refractivity contribution in [2.45, 2.75) is 31.3 Å². The van der Waals surface area contributed by atoms with E-state index in [1.807, 2.05) is 30.3 Å². The van der Waals surface area contributed by atoms with Crippen LogP contribution in [0.25, 0.3) is 6.08 Å². The summed E-state index contributed by atoms with van der Waals surface area (Å²) >= 11 is 12.1. The first-order valence-corrected chi connectivity index (χ1v) is 12.6. The molecule has 1 amide bonds.